The smallest absolute Gasteiger partial charge is 0.343 e. The van der Waals surface area contributed by atoms with Gasteiger partial charge in [-0.2, -0.15) is 4.31 Å². The summed E-state index contributed by atoms with van der Waals surface area (Å²) in [6.07, 6.45) is 0. The summed E-state index contributed by atoms with van der Waals surface area (Å²) in [5, 5.41) is 6.23. The Kier molecular flexibility index (Phi) is 4.78. The third-order valence-corrected chi connectivity index (χ3v) is 6.26. The maximum absolute atomic E-state index is 13.3. The van der Waals surface area contributed by atoms with Crippen LogP contribution in [0.15, 0.2) is 64.0 Å². The van der Waals surface area contributed by atoms with Crippen LogP contribution in [0.2, 0.25) is 0 Å². The Hall–Kier alpha value is -3.66. The minimum atomic E-state index is -4.14. The fourth-order valence-electron chi connectivity index (χ4n) is 3.22. The van der Waals surface area contributed by atoms with Crippen molar-refractivity contribution < 1.29 is 22.5 Å². The second-order valence-electron chi connectivity index (χ2n) is 6.82. The van der Waals surface area contributed by atoms with Crippen molar-refractivity contribution in [2.24, 2.45) is 0 Å². The van der Waals surface area contributed by atoms with Crippen molar-refractivity contribution in [1.82, 2.24) is 5.16 Å². The molecule has 0 unspecified atom stereocenters. The Morgan fingerprint density at radius 2 is 1.87 bits per heavy atom. The number of benzene rings is 2. The SMILES string of the molecule is Cc1cccc(N2C(=O)N(CC(=O)Nc3cc(C)on3)c3ccccc3S2(=O)=O)c1. The van der Waals surface area contributed by atoms with Crippen LogP contribution in [0.25, 0.3) is 0 Å². The first-order valence-electron chi connectivity index (χ1n) is 9.03. The zero-order valence-electron chi connectivity index (χ0n) is 16.2. The van der Waals surface area contributed by atoms with E-state index in [0.29, 0.717) is 5.76 Å². The first-order valence-corrected chi connectivity index (χ1v) is 10.5. The quantitative estimate of drug-likeness (QED) is 0.686. The van der Waals surface area contributed by atoms with Crippen molar-refractivity contribution in [3.63, 3.8) is 0 Å². The lowest BCUT2D eigenvalue weighted by Crippen LogP contribution is -2.53. The molecule has 10 heteroatoms. The summed E-state index contributed by atoms with van der Waals surface area (Å²) in [4.78, 5) is 26.9. The number of carbonyl (C=O) groups excluding carboxylic acids is 2. The van der Waals surface area contributed by atoms with Crippen LogP contribution in [0.1, 0.15) is 11.3 Å². The molecule has 1 aromatic heterocycles. The van der Waals surface area contributed by atoms with Gasteiger partial charge in [-0.15, -0.1) is 0 Å². The summed E-state index contributed by atoms with van der Waals surface area (Å²) in [5.74, 6) is 0.176. The van der Waals surface area contributed by atoms with E-state index in [1.165, 1.54) is 24.3 Å². The third-order valence-electron chi connectivity index (χ3n) is 4.51. The van der Waals surface area contributed by atoms with Gasteiger partial charge in [0.1, 0.15) is 17.2 Å². The van der Waals surface area contributed by atoms with E-state index in [1.807, 2.05) is 0 Å². The third kappa shape index (κ3) is 3.41. The number of urea groups is 1. The van der Waals surface area contributed by atoms with Crippen LogP contribution in [0, 0.1) is 13.8 Å². The lowest BCUT2D eigenvalue weighted by atomic mass is 10.2. The van der Waals surface area contributed by atoms with E-state index in [0.717, 1.165) is 14.8 Å². The number of carbonyl (C=O) groups is 2. The van der Waals surface area contributed by atoms with Crippen molar-refractivity contribution in [2.75, 3.05) is 21.1 Å². The van der Waals surface area contributed by atoms with Crippen LogP contribution in [-0.2, 0) is 14.8 Å². The first-order chi connectivity index (χ1) is 14.3. The van der Waals surface area contributed by atoms with E-state index in [1.54, 1.807) is 44.2 Å². The number of nitrogens with zero attached hydrogens (tertiary/aromatic N) is 3. The highest BCUT2D eigenvalue weighted by Crippen LogP contribution is 2.37. The van der Waals surface area contributed by atoms with Gasteiger partial charge in [-0.1, -0.05) is 29.4 Å². The predicted molar refractivity (Wildman–Crippen MR) is 110 cm³/mol. The van der Waals surface area contributed by atoms with Crippen LogP contribution in [0.5, 0.6) is 0 Å². The molecule has 0 bridgehead atoms. The highest BCUT2D eigenvalue weighted by molar-refractivity contribution is 7.94. The number of rotatable bonds is 4. The number of sulfonamides is 1. The lowest BCUT2D eigenvalue weighted by molar-refractivity contribution is -0.114. The standard InChI is InChI=1S/C20H18N4O5S/c1-13-6-5-7-15(10-13)24-20(26)23(12-19(25)21-18-11-14(2)29-22-18)16-8-3-4-9-17(16)30(24,27)28/h3-11H,12H2,1-2H3,(H,21,22,25). The van der Waals surface area contributed by atoms with Gasteiger partial charge in [0.05, 0.1) is 11.4 Å². The summed E-state index contributed by atoms with van der Waals surface area (Å²) in [6, 6.07) is 13.4. The number of aromatic nitrogens is 1. The fraction of sp³-hybridized carbons (Fsp3) is 0.150. The molecule has 4 rings (SSSR count). The molecule has 154 valence electrons. The number of fused-ring (bicyclic) bond motifs is 1. The van der Waals surface area contributed by atoms with Gasteiger partial charge < -0.3 is 9.84 Å². The molecule has 0 saturated heterocycles. The molecule has 0 atom stereocenters. The van der Waals surface area contributed by atoms with Crippen molar-refractivity contribution in [3.05, 3.63) is 65.9 Å². The molecule has 2 heterocycles. The number of nitrogens with one attached hydrogen (secondary N) is 1. The highest BCUT2D eigenvalue weighted by Gasteiger charge is 2.43. The summed E-state index contributed by atoms with van der Waals surface area (Å²) >= 11 is 0. The van der Waals surface area contributed by atoms with Crippen molar-refractivity contribution in [2.45, 2.75) is 18.7 Å². The largest absolute Gasteiger partial charge is 0.360 e. The summed E-state index contributed by atoms with van der Waals surface area (Å²) < 4.78 is 32.0. The van der Waals surface area contributed by atoms with Gasteiger partial charge in [0, 0.05) is 6.07 Å². The Balaban J connectivity index is 1.74. The van der Waals surface area contributed by atoms with Gasteiger partial charge in [-0.3, -0.25) is 9.69 Å². The molecule has 30 heavy (non-hydrogen) atoms. The molecule has 1 aliphatic heterocycles. The van der Waals surface area contributed by atoms with Gasteiger partial charge in [0.15, 0.2) is 5.82 Å². The molecular formula is C20H18N4O5S. The lowest BCUT2D eigenvalue weighted by Gasteiger charge is -2.35. The van der Waals surface area contributed by atoms with Gasteiger partial charge in [-0.05, 0) is 43.7 Å². The highest BCUT2D eigenvalue weighted by atomic mass is 32.2. The maximum atomic E-state index is 13.3. The monoisotopic (exact) mass is 426 g/mol. The number of hydrogen-bond donors (Lipinski definition) is 1. The Bertz CT molecular complexity index is 1250. The van der Waals surface area contributed by atoms with Gasteiger partial charge in [0.2, 0.25) is 5.91 Å². The molecule has 0 aliphatic carbocycles. The van der Waals surface area contributed by atoms with Crippen molar-refractivity contribution >= 4 is 39.2 Å². The molecule has 0 fully saturated rings. The van der Waals surface area contributed by atoms with Crippen LogP contribution < -0.4 is 14.5 Å². The van der Waals surface area contributed by atoms with Crippen molar-refractivity contribution in [1.29, 1.82) is 0 Å². The summed E-state index contributed by atoms with van der Waals surface area (Å²) in [6.45, 7) is 3.07. The molecule has 1 N–H and O–H groups in total. The molecule has 9 nitrogen and oxygen atoms in total. The van der Waals surface area contributed by atoms with E-state index in [9.17, 15) is 18.0 Å². The topological polar surface area (TPSA) is 113 Å². The molecule has 0 radical (unpaired) electrons. The van der Waals surface area contributed by atoms with E-state index in [2.05, 4.69) is 10.5 Å². The molecule has 3 amide bonds. The van der Waals surface area contributed by atoms with Crippen molar-refractivity contribution in [3.8, 4) is 0 Å². The van der Waals surface area contributed by atoms with Crippen LogP contribution >= 0.6 is 0 Å². The van der Waals surface area contributed by atoms with E-state index >= 15 is 0 Å². The Morgan fingerprint density at radius 1 is 1.10 bits per heavy atom. The molecular weight excluding hydrogens is 408 g/mol. The van der Waals surface area contributed by atoms with Crippen LogP contribution in [0.3, 0.4) is 0 Å². The minimum absolute atomic E-state index is 0.0591. The second-order valence-corrected chi connectivity index (χ2v) is 8.57. The van der Waals surface area contributed by atoms with E-state index in [4.69, 9.17) is 4.52 Å². The summed E-state index contributed by atoms with van der Waals surface area (Å²) in [7, 11) is -4.14. The van der Waals surface area contributed by atoms with Gasteiger partial charge in [-0.25, -0.2) is 13.2 Å². The normalized spacial score (nSPS) is 15.1. The average Bonchev–Trinajstić information content (AvgIpc) is 3.10. The number of amides is 3. The van der Waals surface area contributed by atoms with E-state index in [-0.39, 0.29) is 22.1 Å². The number of aryl methyl sites for hydroxylation is 2. The average molecular weight is 426 g/mol. The van der Waals surface area contributed by atoms with Crippen LogP contribution in [-0.4, -0.2) is 32.1 Å². The maximum Gasteiger partial charge on any atom is 0.343 e. The fourth-order valence-corrected chi connectivity index (χ4v) is 4.80. The zero-order valence-corrected chi connectivity index (χ0v) is 17.0. The first kappa shape index (κ1) is 19.6. The molecule has 1 aliphatic rings. The van der Waals surface area contributed by atoms with E-state index < -0.39 is 28.5 Å². The predicted octanol–water partition coefficient (Wildman–Crippen LogP) is 3.07. The Labute approximate surface area is 172 Å². The van der Waals surface area contributed by atoms with Crippen LogP contribution in [0.4, 0.5) is 22.0 Å². The second kappa shape index (κ2) is 7.30. The number of hydrogen-bond acceptors (Lipinski definition) is 6. The molecule has 3 aromatic rings. The Morgan fingerprint density at radius 3 is 2.57 bits per heavy atom. The number of anilines is 3. The number of para-hydroxylation sites is 1. The molecule has 2 aromatic carbocycles. The minimum Gasteiger partial charge on any atom is -0.360 e. The summed E-state index contributed by atoms with van der Waals surface area (Å²) in [5.41, 5.74) is 1.13. The molecule has 0 spiro atoms. The van der Waals surface area contributed by atoms with Gasteiger partial charge >= 0.3 is 6.03 Å². The van der Waals surface area contributed by atoms with Gasteiger partial charge in [0.25, 0.3) is 10.0 Å². The zero-order chi connectivity index (χ0) is 21.5. The molecule has 0 saturated carbocycles.